The van der Waals surface area contributed by atoms with Crippen LogP contribution in [0.4, 0.5) is 6.01 Å². The summed E-state index contributed by atoms with van der Waals surface area (Å²) < 4.78 is 10.9. The summed E-state index contributed by atoms with van der Waals surface area (Å²) in [6.07, 6.45) is 5.79. The fourth-order valence-corrected chi connectivity index (χ4v) is 3.43. The zero-order valence-electron chi connectivity index (χ0n) is 13.8. The van der Waals surface area contributed by atoms with Gasteiger partial charge in [-0.2, -0.15) is 0 Å². The van der Waals surface area contributed by atoms with E-state index in [1.54, 1.807) is 0 Å². The molecule has 128 valence electrons. The molecule has 1 aromatic heterocycles. The average molecular weight is 322 g/mol. The minimum absolute atomic E-state index is 0.00606. The number of amides is 1. The van der Waals surface area contributed by atoms with Gasteiger partial charge in [-0.1, -0.05) is 12.0 Å². The molecule has 3 rings (SSSR count). The first-order valence-corrected chi connectivity index (χ1v) is 8.71. The molecule has 0 saturated carbocycles. The molecule has 0 aliphatic carbocycles. The van der Waals surface area contributed by atoms with Crippen LogP contribution in [-0.2, 0) is 16.0 Å². The van der Waals surface area contributed by atoms with E-state index in [9.17, 15) is 4.79 Å². The van der Waals surface area contributed by atoms with Crippen LogP contribution in [0.2, 0.25) is 0 Å². The largest absolute Gasteiger partial charge is 0.408 e. The van der Waals surface area contributed by atoms with Crippen LogP contribution in [0.25, 0.3) is 0 Å². The van der Waals surface area contributed by atoms with Gasteiger partial charge in [-0.3, -0.25) is 15.0 Å². The summed E-state index contributed by atoms with van der Waals surface area (Å²) in [4.78, 5) is 14.9. The smallest absolute Gasteiger partial charge is 0.322 e. The molecule has 23 heavy (non-hydrogen) atoms. The SMILES string of the molecule is CCCc1nnc(NC(=O)C2CCCN(C3CCOCC3)C2)o1. The molecular weight excluding hydrogens is 296 g/mol. The Morgan fingerprint density at radius 1 is 1.30 bits per heavy atom. The van der Waals surface area contributed by atoms with Crippen molar-refractivity contribution in [1.29, 1.82) is 0 Å². The van der Waals surface area contributed by atoms with Crippen molar-refractivity contribution in [3.8, 4) is 0 Å². The Labute approximate surface area is 136 Å². The number of nitrogens with one attached hydrogen (secondary N) is 1. The molecule has 1 N–H and O–H groups in total. The van der Waals surface area contributed by atoms with Gasteiger partial charge in [0.15, 0.2) is 0 Å². The number of ether oxygens (including phenoxy) is 1. The fourth-order valence-electron chi connectivity index (χ4n) is 3.43. The molecule has 7 nitrogen and oxygen atoms in total. The van der Waals surface area contributed by atoms with Gasteiger partial charge < -0.3 is 9.15 Å². The minimum atomic E-state index is -0.00637. The predicted octanol–water partition coefficient (Wildman–Crippen LogP) is 1.85. The Bertz CT molecular complexity index is 513. The second kappa shape index (κ2) is 7.88. The molecule has 2 fully saturated rings. The van der Waals surface area contributed by atoms with Gasteiger partial charge >= 0.3 is 6.01 Å². The Hall–Kier alpha value is -1.47. The molecule has 7 heteroatoms. The number of anilines is 1. The van der Waals surface area contributed by atoms with E-state index in [2.05, 4.69) is 27.3 Å². The number of hydrogen-bond acceptors (Lipinski definition) is 6. The number of rotatable bonds is 5. The molecule has 0 radical (unpaired) electrons. The van der Waals surface area contributed by atoms with Gasteiger partial charge in [0.05, 0.1) is 5.92 Å². The van der Waals surface area contributed by atoms with Crippen LogP contribution < -0.4 is 5.32 Å². The third kappa shape index (κ3) is 4.29. The maximum absolute atomic E-state index is 12.5. The van der Waals surface area contributed by atoms with Gasteiger partial charge in [0, 0.05) is 32.2 Å². The number of piperidine rings is 1. The van der Waals surface area contributed by atoms with Crippen molar-refractivity contribution in [3.05, 3.63) is 5.89 Å². The second-order valence-corrected chi connectivity index (χ2v) is 6.42. The normalized spacial score (nSPS) is 23.8. The number of hydrogen-bond donors (Lipinski definition) is 1. The molecule has 0 spiro atoms. The molecule has 2 aliphatic rings. The number of carbonyl (C=O) groups is 1. The zero-order valence-corrected chi connectivity index (χ0v) is 13.8. The Balaban J connectivity index is 1.53. The summed E-state index contributed by atoms with van der Waals surface area (Å²) in [7, 11) is 0. The summed E-state index contributed by atoms with van der Waals surface area (Å²) in [5, 5.41) is 10.6. The van der Waals surface area contributed by atoms with Crippen LogP contribution >= 0.6 is 0 Å². The first-order chi connectivity index (χ1) is 11.3. The second-order valence-electron chi connectivity index (χ2n) is 6.42. The van der Waals surface area contributed by atoms with Crippen LogP contribution in [-0.4, -0.2) is 53.3 Å². The van der Waals surface area contributed by atoms with E-state index in [1.807, 2.05) is 0 Å². The Morgan fingerprint density at radius 2 is 2.13 bits per heavy atom. The highest BCUT2D eigenvalue weighted by molar-refractivity contribution is 5.90. The van der Waals surface area contributed by atoms with Crippen LogP contribution in [0.5, 0.6) is 0 Å². The Morgan fingerprint density at radius 3 is 2.91 bits per heavy atom. The highest BCUT2D eigenvalue weighted by Gasteiger charge is 2.31. The van der Waals surface area contributed by atoms with E-state index in [-0.39, 0.29) is 17.8 Å². The summed E-state index contributed by atoms with van der Waals surface area (Å²) in [5.41, 5.74) is 0. The van der Waals surface area contributed by atoms with E-state index in [4.69, 9.17) is 9.15 Å². The monoisotopic (exact) mass is 322 g/mol. The zero-order chi connectivity index (χ0) is 16.1. The van der Waals surface area contributed by atoms with Crippen molar-refractivity contribution < 1.29 is 13.9 Å². The third-order valence-electron chi connectivity index (χ3n) is 4.69. The van der Waals surface area contributed by atoms with Crippen LogP contribution in [0, 0.1) is 5.92 Å². The number of aryl methyl sites for hydroxylation is 1. The topological polar surface area (TPSA) is 80.5 Å². The molecule has 3 heterocycles. The predicted molar refractivity (Wildman–Crippen MR) is 85.1 cm³/mol. The lowest BCUT2D eigenvalue weighted by Crippen LogP contribution is -2.47. The van der Waals surface area contributed by atoms with Crippen molar-refractivity contribution in [2.75, 3.05) is 31.6 Å². The molecule has 0 bridgehead atoms. The van der Waals surface area contributed by atoms with E-state index in [1.165, 1.54) is 0 Å². The molecule has 1 aromatic rings. The van der Waals surface area contributed by atoms with Crippen LogP contribution in [0.3, 0.4) is 0 Å². The van der Waals surface area contributed by atoms with E-state index in [0.717, 1.165) is 64.8 Å². The average Bonchev–Trinajstić information content (AvgIpc) is 3.03. The number of carbonyl (C=O) groups excluding carboxylic acids is 1. The lowest BCUT2D eigenvalue weighted by molar-refractivity contribution is -0.122. The Kier molecular flexibility index (Phi) is 5.61. The standard InChI is InChI=1S/C16H26N4O3/c1-2-4-14-18-19-16(23-14)17-15(21)12-5-3-8-20(11-12)13-6-9-22-10-7-13/h12-13H,2-11H2,1H3,(H,17,19,21). The van der Waals surface area contributed by atoms with Crippen molar-refractivity contribution in [3.63, 3.8) is 0 Å². The summed E-state index contributed by atoms with van der Waals surface area (Å²) in [6, 6.07) is 0.778. The van der Waals surface area contributed by atoms with E-state index >= 15 is 0 Å². The number of nitrogens with zero attached hydrogens (tertiary/aromatic N) is 3. The lowest BCUT2D eigenvalue weighted by Gasteiger charge is -2.39. The van der Waals surface area contributed by atoms with E-state index < -0.39 is 0 Å². The van der Waals surface area contributed by atoms with Crippen LogP contribution in [0.1, 0.15) is 44.9 Å². The minimum Gasteiger partial charge on any atom is -0.408 e. The summed E-state index contributed by atoms with van der Waals surface area (Å²) in [5.74, 6) is 0.567. The highest BCUT2D eigenvalue weighted by Crippen LogP contribution is 2.24. The first-order valence-electron chi connectivity index (χ1n) is 8.71. The molecule has 1 atom stereocenters. The van der Waals surface area contributed by atoms with Gasteiger partial charge in [0.25, 0.3) is 0 Å². The third-order valence-corrected chi connectivity index (χ3v) is 4.69. The molecule has 1 amide bonds. The van der Waals surface area contributed by atoms with Gasteiger partial charge in [0.1, 0.15) is 0 Å². The van der Waals surface area contributed by atoms with Crippen molar-refractivity contribution in [2.24, 2.45) is 5.92 Å². The fraction of sp³-hybridized carbons (Fsp3) is 0.812. The summed E-state index contributed by atoms with van der Waals surface area (Å²) in [6.45, 7) is 5.61. The van der Waals surface area contributed by atoms with Gasteiger partial charge in [-0.25, -0.2) is 0 Å². The lowest BCUT2D eigenvalue weighted by atomic mass is 9.94. The number of aromatic nitrogens is 2. The van der Waals surface area contributed by atoms with Gasteiger partial charge in [-0.05, 0) is 38.6 Å². The number of likely N-dealkylation sites (tertiary alicyclic amines) is 1. The maximum Gasteiger partial charge on any atom is 0.322 e. The van der Waals surface area contributed by atoms with Crippen molar-refractivity contribution in [1.82, 2.24) is 15.1 Å². The first kappa shape index (κ1) is 16.4. The quantitative estimate of drug-likeness (QED) is 0.891. The van der Waals surface area contributed by atoms with Gasteiger partial charge in [-0.15, -0.1) is 5.10 Å². The van der Waals surface area contributed by atoms with Gasteiger partial charge in [0.2, 0.25) is 11.8 Å². The molecular formula is C16H26N4O3. The summed E-state index contributed by atoms with van der Waals surface area (Å²) >= 11 is 0. The van der Waals surface area contributed by atoms with Crippen molar-refractivity contribution >= 4 is 11.9 Å². The van der Waals surface area contributed by atoms with Crippen LogP contribution in [0.15, 0.2) is 4.42 Å². The highest BCUT2D eigenvalue weighted by atomic mass is 16.5. The van der Waals surface area contributed by atoms with Crippen molar-refractivity contribution in [2.45, 2.75) is 51.5 Å². The molecule has 2 aliphatic heterocycles. The molecule has 0 aromatic carbocycles. The van der Waals surface area contributed by atoms with E-state index in [0.29, 0.717) is 11.9 Å². The molecule has 1 unspecified atom stereocenters. The molecule has 2 saturated heterocycles. The maximum atomic E-state index is 12.5.